The van der Waals surface area contributed by atoms with Gasteiger partial charge >= 0.3 is 0 Å². The first-order valence-corrected chi connectivity index (χ1v) is 8.96. The number of hydrogen-bond acceptors (Lipinski definition) is 5. The molecule has 0 unspecified atom stereocenters. The molecule has 2 heterocycles. The van der Waals surface area contributed by atoms with Gasteiger partial charge in [-0.2, -0.15) is 0 Å². The molecule has 1 aliphatic heterocycles. The van der Waals surface area contributed by atoms with Gasteiger partial charge in [-0.25, -0.2) is 0 Å². The van der Waals surface area contributed by atoms with E-state index < -0.39 is 6.04 Å². The van der Waals surface area contributed by atoms with Crippen molar-refractivity contribution >= 4 is 11.8 Å². The lowest BCUT2D eigenvalue weighted by Gasteiger charge is -2.34. The number of nitrogens with zero attached hydrogens (tertiary/aromatic N) is 2. The summed E-state index contributed by atoms with van der Waals surface area (Å²) in [5.74, 6) is 0.511. The predicted octanol–water partition coefficient (Wildman–Crippen LogP) is 1.10. The van der Waals surface area contributed by atoms with Crippen LogP contribution in [0.1, 0.15) is 17.5 Å². The molecule has 1 aliphatic rings. The maximum atomic E-state index is 12.4. The molecule has 142 valence electrons. The van der Waals surface area contributed by atoms with E-state index in [0.717, 1.165) is 16.9 Å². The second kappa shape index (κ2) is 9.14. The minimum atomic E-state index is -0.487. The molecule has 0 spiro atoms. The Morgan fingerprint density at radius 3 is 2.96 bits per heavy atom. The predicted molar refractivity (Wildman–Crippen MR) is 101 cm³/mol. The highest BCUT2D eigenvalue weighted by Gasteiger charge is 2.31. The van der Waals surface area contributed by atoms with Crippen LogP contribution in [0, 0.1) is 0 Å². The summed E-state index contributed by atoms with van der Waals surface area (Å²) >= 11 is 0. The fourth-order valence-corrected chi connectivity index (χ4v) is 3.13. The third kappa shape index (κ3) is 5.27. The summed E-state index contributed by atoms with van der Waals surface area (Å²) in [6.45, 7) is 2.27. The number of aromatic nitrogens is 1. The normalized spacial score (nSPS) is 17.2. The van der Waals surface area contributed by atoms with Crippen molar-refractivity contribution in [1.82, 2.24) is 20.5 Å². The molecule has 7 heteroatoms. The molecule has 2 N–H and O–H groups in total. The number of methoxy groups -OCH3 is 1. The van der Waals surface area contributed by atoms with Crippen LogP contribution in [-0.4, -0.2) is 47.9 Å². The zero-order chi connectivity index (χ0) is 19.1. The van der Waals surface area contributed by atoms with Gasteiger partial charge < -0.3 is 15.4 Å². The van der Waals surface area contributed by atoms with Crippen molar-refractivity contribution in [3.8, 4) is 5.75 Å². The van der Waals surface area contributed by atoms with E-state index in [9.17, 15) is 9.59 Å². The molecule has 7 nitrogen and oxygen atoms in total. The molecule has 0 radical (unpaired) electrons. The first-order chi connectivity index (χ1) is 13.2. The van der Waals surface area contributed by atoms with E-state index in [0.29, 0.717) is 26.2 Å². The molecule has 27 heavy (non-hydrogen) atoms. The van der Waals surface area contributed by atoms with Gasteiger partial charge in [0.1, 0.15) is 5.75 Å². The van der Waals surface area contributed by atoms with E-state index in [1.807, 2.05) is 41.3 Å². The molecule has 0 saturated carbocycles. The molecule has 0 aliphatic carbocycles. The Morgan fingerprint density at radius 1 is 1.33 bits per heavy atom. The number of amides is 2. The molecule has 0 bridgehead atoms. The molecular weight excluding hydrogens is 344 g/mol. The van der Waals surface area contributed by atoms with E-state index >= 15 is 0 Å². The molecule has 1 aromatic carbocycles. The number of hydrogen-bond donors (Lipinski definition) is 2. The maximum Gasteiger partial charge on any atom is 0.237 e. The average molecular weight is 368 g/mol. The van der Waals surface area contributed by atoms with Crippen LogP contribution in [0.15, 0.2) is 48.8 Å². The van der Waals surface area contributed by atoms with Gasteiger partial charge in [0.05, 0.1) is 19.6 Å². The van der Waals surface area contributed by atoms with Crippen LogP contribution in [0.4, 0.5) is 0 Å². The van der Waals surface area contributed by atoms with Gasteiger partial charge in [-0.05, 0) is 29.3 Å². The monoisotopic (exact) mass is 368 g/mol. The lowest BCUT2D eigenvalue weighted by molar-refractivity contribution is -0.134. The number of benzene rings is 1. The van der Waals surface area contributed by atoms with Crippen LogP contribution in [0.5, 0.6) is 5.75 Å². The second-order valence-electron chi connectivity index (χ2n) is 6.47. The topological polar surface area (TPSA) is 83.6 Å². The van der Waals surface area contributed by atoms with Gasteiger partial charge in [-0.15, -0.1) is 0 Å². The van der Waals surface area contributed by atoms with Crippen LogP contribution in [0.2, 0.25) is 0 Å². The quantitative estimate of drug-likeness (QED) is 0.765. The first kappa shape index (κ1) is 18.8. The van der Waals surface area contributed by atoms with E-state index in [4.69, 9.17) is 4.74 Å². The maximum absolute atomic E-state index is 12.4. The standard InChI is InChI=1S/C20H24N4O3/c1-27-17-6-2-4-15(10-17)14-24-9-8-22-20(26)18(24)11-19(25)23-13-16-5-3-7-21-12-16/h2-7,10,12,18H,8-9,11,13-14H2,1H3,(H,22,26)(H,23,25)/t18-/m1/s1. The third-order valence-corrected chi connectivity index (χ3v) is 4.55. The number of carbonyl (C=O) groups is 2. The fourth-order valence-electron chi connectivity index (χ4n) is 3.13. The van der Waals surface area contributed by atoms with Gasteiger partial charge in [0, 0.05) is 38.6 Å². The number of carbonyl (C=O) groups excluding carboxylic acids is 2. The Labute approximate surface area is 158 Å². The number of rotatable bonds is 7. The minimum absolute atomic E-state index is 0.110. The summed E-state index contributed by atoms with van der Waals surface area (Å²) in [6.07, 6.45) is 3.52. The third-order valence-electron chi connectivity index (χ3n) is 4.55. The van der Waals surface area contributed by atoms with Crippen LogP contribution in [0.25, 0.3) is 0 Å². The highest BCUT2D eigenvalue weighted by molar-refractivity contribution is 5.88. The van der Waals surface area contributed by atoms with E-state index in [1.54, 1.807) is 19.5 Å². The van der Waals surface area contributed by atoms with E-state index in [1.165, 1.54) is 0 Å². The van der Waals surface area contributed by atoms with Gasteiger partial charge in [0.15, 0.2) is 0 Å². The Bertz CT molecular complexity index is 782. The zero-order valence-electron chi connectivity index (χ0n) is 15.4. The highest BCUT2D eigenvalue weighted by atomic mass is 16.5. The molecule has 1 fully saturated rings. The van der Waals surface area contributed by atoms with Gasteiger partial charge in [-0.3, -0.25) is 19.5 Å². The molecule has 2 amide bonds. The number of pyridine rings is 1. The van der Waals surface area contributed by atoms with Gasteiger partial charge in [0.2, 0.25) is 11.8 Å². The van der Waals surface area contributed by atoms with Crippen molar-refractivity contribution in [2.24, 2.45) is 0 Å². The molecule has 1 saturated heterocycles. The molecule has 1 aromatic heterocycles. The molecule has 1 atom stereocenters. The fraction of sp³-hybridized carbons (Fsp3) is 0.350. The van der Waals surface area contributed by atoms with Gasteiger partial charge in [-0.1, -0.05) is 18.2 Å². The number of ether oxygens (including phenoxy) is 1. The van der Waals surface area contributed by atoms with Crippen LogP contribution in [0.3, 0.4) is 0 Å². The summed E-state index contributed by atoms with van der Waals surface area (Å²) in [5, 5.41) is 5.72. The molecule has 3 rings (SSSR count). The van der Waals surface area contributed by atoms with E-state index in [-0.39, 0.29) is 18.2 Å². The zero-order valence-corrected chi connectivity index (χ0v) is 15.4. The van der Waals surface area contributed by atoms with Crippen LogP contribution < -0.4 is 15.4 Å². The first-order valence-electron chi connectivity index (χ1n) is 8.96. The summed E-state index contributed by atoms with van der Waals surface area (Å²) in [4.78, 5) is 30.8. The second-order valence-corrected chi connectivity index (χ2v) is 6.47. The Balaban J connectivity index is 1.61. The summed E-state index contributed by atoms with van der Waals surface area (Å²) in [6, 6.07) is 11.0. The molecule has 2 aromatic rings. The SMILES string of the molecule is COc1cccc(CN2CCNC(=O)[C@H]2CC(=O)NCc2cccnc2)c1. The number of nitrogens with one attached hydrogen (secondary N) is 2. The van der Waals surface area contributed by atoms with Crippen molar-refractivity contribution in [2.45, 2.75) is 25.6 Å². The van der Waals surface area contributed by atoms with Gasteiger partial charge in [0.25, 0.3) is 0 Å². The summed E-state index contributed by atoms with van der Waals surface area (Å²) < 4.78 is 5.26. The van der Waals surface area contributed by atoms with Crippen molar-refractivity contribution in [2.75, 3.05) is 20.2 Å². The van der Waals surface area contributed by atoms with Crippen molar-refractivity contribution < 1.29 is 14.3 Å². The van der Waals surface area contributed by atoms with Crippen molar-refractivity contribution in [1.29, 1.82) is 0 Å². The summed E-state index contributed by atoms with van der Waals surface area (Å²) in [7, 11) is 1.63. The minimum Gasteiger partial charge on any atom is -0.497 e. The van der Waals surface area contributed by atoms with Crippen molar-refractivity contribution in [3.63, 3.8) is 0 Å². The average Bonchev–Trinajstić information content (AvgIpc) is 2.70. The Morgan fingerprint density at radius 2 is 2.19 bits per heavy atom. The number of piperazine rings is 1. The highest BCUT2D eigenvalue weighted by Crippen LogP contribution is 2.18. The lowest BCUT2D eigenvalue weighted by atomic mass is 10.1. The lowest BCUT2D eigenvalue weighted by Crippen LogP contribution is -2.56. The smallest absolute Gasteiger partial charge is 0.237 e. The van der Waals surface area contributed by atoms with Crippen LogP contribution in [-0.2, 0) is 22.7 Å². The van der Waals surface area contributed by atoms with Crippen molar-refractivity contribution in [3.05, 3.63) is 59.9 Å². The Kier molecular flexibility index (Phi) is 6.38. The summed E-state index contributed by atoms with van der Waals surface area (Å²) in [5.41, 5.74) is 1.97. The molecular formula is C20H24N4O3. The van der Waals surface area contributed by atoms with E-state index in [2.05, 4.69) is 15.6 Å². The van der Waals surface area contributed by atoms with Crippen LogP contribution >= 0.6 is 0 Å². The Hall–Kier alpha value is -2.93. The largest absolute Gasteiger partial charge is 0.497 e.